The molecule has 1 aromatic heterocycles. The normalized spacial score (nSPS) is 15.3. The lowest BCUT2D eigenvalue weighted by Gasteiger charge is -2.22. The number of rotatable bonds is 5. The van der Waals surface area contributed by atoms with E-state index in [0.717, 1.165) is 13.1 Å². The van der Waals surface area contributed by atoms with Crippen LogP contribution in [0.25, 0.3) is 11.3 Å². The maximum absolute atomic E-state index is 4.38. The lowest BCUT2D eigenvalue weighted by Crippen LogP contribution is -2.13. The van der Waals surface area contributed by atoms with Crippen LogP contribution in [-0.2, 0) is 13.0 Å². The minimum Gasteiger partial charge on any atom is -0.384 e. The SMILES string of the molecule is CSC(C)CCn1cncc1-c1cccc2c1NCCC2. The Morgan fingerprint density at radius 1 is 1.43 bits per heavy atom. The highest BCUT2D eigenvalue weighted by Crippen LogP contribution is 2.33. The average molecular weight is 301 g/mol. The summed E-state index contributed by atoms with van der Waals surface area (Å²) in [5.74, 6) is 0. The Labute approximate surface area is 131 Å². The fourth-order valence-corrected chi connectivity index (χ4v) is 3.23. The Morgan fingerprint density at radius 2 is 2.33 bits per heavy atom. The fourth-order valence-electron chi connectivity index (χ4n) is 2.88. The molecule has 1 N–H and O–H groups in total. The number of fused-ring (bicyclic) bond motifs is 1. The van der Waals surface area contributed by atoms with Crippen molar-refractivity contribution >= 4 is 17.4 Å². The van der Waals surface area contributed by atoms with Gasteiger partial charge in [0.2, 0.25) is 0 Å². The monoisotopic (exact) mass is 301 g/mol. The lowest BCUT2D eigenvalue weighted by atomic mass is 9.98. The summed E-state index contributed by atoms with van der Waals surface area (Å²) < 4.78 is 2.29. The van der Waals surface area contributed by atoms with Gasteiger partial charge in [0, 0.05) is 29.6 Å². The molecule has 3 rings (SSSR count). The molecule has 0 aliphatic carbocycles. The van der Waals surface area contributed by atoms with Crippen LogP contribution >= 0.6 is 11.8 Å². The third kappa shape index (κ3) is 3.10. The highest BCUT2D eigenvalue weighted by atomic mass is 32.2. The molecule has 0 saturated heterocycles. The average Bonchev–Trinajstić information content (AvgIpc) is 3.00. The third-order valence-electron chi connectivity index (χ3n) is 4.24. The number of nitrogens with one attached hydrogen (secondary N) is 1. The minimum absolute atomic E-state index is 0.683. The van der Waals surface area contributed by atoms with E-state index in [-0.39, 0.29) is 0 Å². The quantitative estimate of drug-likeness (QED) is 0.903. The summed E-state index contributed by atoms with van der Waals surface area (Å²) in [6, 6.07) is 6.62. The van der Waals surface area contributed by atoms with Crippen molar-refractivity contribution in [3.05, 3.63) is 36.3 Å². The van der Waals surface area contributed by atoms with Crippen LogP contribution in [0.5, 0.6) is 0 Å². The number of anilines is 1. The van der Waals surface area contributed by atoms with Crippen molar-refractivity contribution in [3.63, 3.8) is 0 Å². The van der Waals surface area contributed by atoms with Gasteiger partial charge in [0.15, 0.2) is 0 Å². The summed E-state index contributed by atoms with van der Waals surface area (Å²) in [7, 11) is 0. The number of benzene rings is 1. The van der Waals surface area contributed by atoms with Gasteiger partial charge in [-0.3, -0.25) is 0 Å². The number of aryl methyl sites for hydroxylation is 2. The second-order valence-electron chi connectivity index (χ2n) is 5.68. The van der Waals surface area contributed by atoms with E-state index >= 15 is 0 Å². The van der Waals surface area contributed by atoms with Gasteiger partial charge in [-0.2, -0.15) is 11.8 Å². The van der Waals surface area contributed by atoms with Crippen molar-refractivity contribution in [2.75, 3.05) is 18.1 Å². The highest BCUT2D eigenvalue weighted by Gasteiger charge is 2.16. The molecule has 1 aliphatic heterocycles. The summed E-state index contributed by atoms with van der Waals surface area (Å²) in [5, 5.41) is 4.26. The highest BCUT2D eigenvalue weighted by molar-refractivity contribution is 7.99. The molecular formula is C17H23N3S. The van der Waals surface area contributed by atoms with Crippen LogP contribution in [0.3, 0.4) is 0 Å². The second-order valence-corrected chi connectivity index (χ2v) is 6.95. The van der Waals surface area contributed by atoms with E-state index in [0.29, 0.717) is 5.25 Å². The maximum Gasteiger partial charge on any atom is 0.0950 e. The smallest absolute Gasteiger partial charge is 0.0950 e. The van der Waals surface area contributed by atoms with Crippen molar-refractivity contribution in [2.24, 2.45) is 0 Å². The topological polar surface area (TPSA) is 29.9 Å². The van der Waals surface area contributed by atoms with E-state index in [1.165, 1.54) is 41.8 Å². The first-order valence-electron chi connectivity index (χ1n) is 7.68. The van der Waals surface area contributed by atoms with Gasteiger partial charge in [0.05, 0.1) is 18.2 Å². The first kappa shape index (κ1) is 14.5. The van der Waals surface area contributed by atoms with E-state index in [1.54, 1.807) is 0 Å². The zero-order valence-corrected chi connectivity index (χ0v) is 13.6. The lowest BCUT2D eigenvalue weighted by molar-refractivity contribution is 0.645. The summed E-state index contributed by atoms with van der Waals surface area (Å²) in [5.41, 5.74) is 5.27. The molecule has 1 aliphatic rings. The third-order valence-corrected chi connectivity index (χ3v) is 5.28. The molecule has 0 fully saturated rings. The van der Waals surface area contributed by atoms with Crippen molar-refractivity contribution < 1.29 is 0 Å². The molecule has 2 aromatic rings. The maximum atomic E-state index is 4.38. The van der Waals surface area contributed by atoms with Crippen molar-refractivity contribution in [1.29, 1.82) is 0 Å². The first-order chi connectivity index (χ1) is 10.3. The van der Waals surface area contributed by atoms with Crippen LogP contribution < -0.4 is 5.32 Å². The van der Waals surface area contributed by atoms with E-state index in [1.807, 2.05) is 24.3 Å². The zero-order valence-electron chi connectivity index (χ0n) is 12.8. The van der Waals surface area contributed by atoms with Crippen molar-refractivity contribution in [2.45, 2.75) is 38.0 Å². The zero-order chi connectivity index (χ0) is 14.7. The van der Waals surface area contributed by atoms with E-state index in [9.17, 15) is 0 Å². The van der Waals surface area contributed by atoms with E-state index in [2.05, 4.69) is 46.2 Å². The van der Waals surface area contributed by atoms with E-state index in [4.69, 9.17) is 0 Å². The van der Waals surface area contributed by atoms with E-state index < -0.39 is 0 Å². The standard InChI is InChI=1S/C17H23N3S/c1-13(21-2)8-10-20-12-18-11-16(20)15-7-3-5-14-6-4-9-19-17(14)15/h3,5,7,11-13,19H,4,6,8-10H2,1-2H3. The van der Waals surface area contributed by atoms with Crippen molar-refractivity contribution in [1.82, 2.24) is 9.55 Å². The van der Waals surface area contributed by atoms with Crippen LogP contribution in [0.2, 0.25) is 0 Å². The van der Waals surface area contributed by atoms with Crippen LogP contribution in [0, 0.1) is 0 Å². The number of hydrogen-bond acceptors (Lipinski definition) is 3. The number of imidazole rings is 1. The molecule has 0 spiro atoms. The van der Waals surface area contributed by atoms with Gasteiger partial charge in [0.1, 0.15) is 0 Å². The van der Waals surface area contributed by atoms with Gasteiger partial charge < -0.3 is 9.88 Å². The molecule has 4 heteroatoms. The fraction of sp³-hybridized carbons (Fsp3) is 0.471. The Hall–Kier alpha value is -1.42. The minimum atomic E-state index is 0.683. The van der Waals surface area contributed by atoms with Gasteiger partial charge in [-0.25, -0.2) is 4.98 Å². The molecule has 112 valence electrons. The molecule has 0 amide bonds. The largest absolute Gasteiger partial charge is 0.384 e. The summed E-state index contributed by atoms with van der Waals surface area (Å²) in [4.78, 5) is 4.38. The molecule has 1 atom stereocenters. The molecule has 3 nitrogen and oxygen atoms in total. The van der Waals surface area contributed by atoms with Gasteiger partial charge in [-0.1, -0.05) is 25.1 Å². The van der Waals surface area contributed by atoms with Crippen LogP contribution in [0.4, 0.5) is 5.69 Å². The van der Waals surface area contributed by atoms with Crippen molar-refractivity contribution in [3.8, 4) is 11.3 Å². The van der Waals surface area contributed by atoms with Gasteiger partial charge in [-0.05, 0) is 31.1 Å². The Balaban J connectivity index is 1.89. The Morgan fingerprint density at radius 3 is 3.19 bits per heavy atom. The number of nitrogens with zero attached hydrogens (tertiary/aromatic N) is 2. The van der Waals surface area contributed by atoms with Crippen LogP contribution in [0.1, 0.15) is 25.3 Å². The number of aromatic nitrogens is 2. The molecule has 2 heterocycles. The van der Waals surface area contributed by atoms with Crippen LogP contribution in [0.15, 0.2) is 30.7 Å². The Bertz CT molecular complexity index is 606. The second kappa shape index (κ2) is 6.56. The Kier molecular flexibility index (Phi) is 4.54. The molecule has 1 unspecified atom stereocenters. The first-order valence-corrected chi connectivity index (χ1v) is 8.97. The molecular weight excluding hydrogens is 278 g/mol. The molecule has 0 radical (unpaired) electrons. The predicted octanol–water partition coefficient (Wildman–Crippen LogP) is 4.05. The number of hydrogen-bond donors (Lipinski definition) is 1. The van der Waals surface area contributed by atoms with Gasteiger partial charge in [0.25, 0.3) is 0 Å². The summed E-state index contributed by atoms with van der Waals surface area (Å²) >= 11 is 1.93. The van der Waals surface area contributed by atoms with Gasteiger partial charge in [-0.15, -0.1) is 0 Å². The molecule has 0 bridgehead atoms. The van der Waals surface area contributed by atoms with Gasteiger partial charge >= 0.3 is 0 Å². The molecule has 0 saturated carbocycles. The summed E-state index contributed by atoms with van der Waals surface area (Å²) in [6.07, 6.45) is 9.71. The number of thioether (sulfide) groups is 1. The number of para-hydroxylation sites is 1. The van der Waals surface area contributed by atoms with Crippen LogP contribution in [-0.4, -0.2) is 27.6 Å². The molecule has 21 heavy (non-hydrogen) atoms. The predicted molar refractivity (Wildman–Crippen MR) is 92.1 cm³/mol. The molecule has 1 aromatic carbocycles. The summed E-state index contributed by atoms with van der Waals surface area (Å²) in [6.45, 7) is 4.38.